The largest absolute Gasteiger partial charge is 0.504 e. The number of ether oxygens (including phenoxy) is 2. The number of fused-ring (bicyclic) bond motifs is 1. The van der Waals surface area contributed by atoms with E-state index < -0.39 is 6.10 Å². The molecule has 2 aromatic rings. The number of phenolic OH excluding ortho intramolecular Hbond substituents is 1. The van der Waals surface area contributed by atoms with Gasteiger partial charge in [-0.05, 0) is 44.2 Å². The summed E-state index contributed by atoms with van der Waals surface area (Å²) < 4.78 is 10.9. The third kappa shape index (κ3) is 3.17. The number of aromatic hydroxyl groups is 1. The molecule has 0 bridgehead atoms. The molecule has 1 amide bonds. The zero-order valence-electron chi connectivity index (χ0n) is 13.4. The van der Waals surface area contributed by atoms with E-state index in [1.54, 1.807) is 49.5 Å². The second-order valence-corrected chi connectivity index (χ2v) is 5.31. The lowest BCUT2D eigenvalue weighted by molar-refractivity contribution is -0.122. The highest BCUT2D eigenvalue weighted by atomic mass is 16.5. The molecule has 0 aliphatic carbocycles. The van der Waals surface area contributed by atoms with Crippen LogP contribution in [-0.4, -0.2) is 29.9 Å². The maximum Gasteiger partial charge on any atom is 0.265 e. The molecule has 0 spiro atoms. The third-order valence-corrected chi connectivity index (χ3v) is 3.58. The summed E-state index contributed by atoms with van der Waals surface area (Å²) >= 11 is 0. The summed E-state index contributed by atoms with van der Waals surface area (Å²) in [5, 5.41) is 12.9. The van der Waals surface area contributed by atoms with Gasteiger partial charge in [-0.1, -0.05) is 6.07 Å². The fourth-order valence-electron chi connectivity index (χ4n) is 2.34. The molecule has 0 radical (unpaired) electrons. The van der Waals surface area contributed by atoms with E-state index in [9.17, 15) is 9.90 Å². The van der Waals surface area contributed by atoms with Crippen molar-refractivity contribution in [3.05, 3.63) is 42.0 Å². The summed E-state index contributed by atoms with van der Waals surface area (Å²) in [6.45, 7) is 4.01. The van der Waals surface area contributed by atoms with Crippen molar-refractivity contribution in [2.75, 3.05) is 11.9 Å². The van der Waals surface area contributed by atoms with E-state index in [2.05, 4.69) is 10.3 Å². The van der Waals surface area contributed by atoms with Gasteiger partial charge in [0.15, 0.2) is 17.6 Å². The van der Waals surface area contributed by atoms with Gasteiger partial charge in [-0.3, -0.25) is 9.79 Å². The first-order chi connectivity index (χ1) is 11.6. The number of amides is 1. The molecule has 1 heterocycles. The Morgan fingerprint density at radius 2 is 2.21 bits per heavy atom. The summed E-state index contributed by atoms with van der Waals surface area (Å²) in [6.07, 6.45) is 1.04. The number of nitrogens with zero attached hydrogens (tertiary/aromatic N) is 1. The summed E-state index contributed by atoms with van der Waals surface area (Å²) in [4.78, 5) is 16.0. The number of hydrogen-bond acceptors (Lipinski definition) is 5. The van der Waals surface area contributed by atoms with Crippen LogP contribution in [0.15, 0.2) is 41.4 Å². The summed E-state index contributed by atoms with van der Waals surface area (Å²) in [7, 11) is 0. The van der Waals surface area contributed by atoms with E-state index in [1.807, 2.05) is 6.92 Å². The Morgan fingerprint density at radius 1 is 1.38 bits per heavy atom. The van der Waals surface area contributed by atoms with E-state index in [4.69, 9.17) is 9.47 Å². The highest BCUT2D eigenvalue weighted by Crippen LogP contribution is 2.33. The summed E-state index contributed by atoms with van der Waals surface area (Å²) in [6, 6.07) is 10.5. The average molecular weight is 326 g/mol. The standard InChI is InChI=1S/C18H18N2O4/c1-3-23-16-6-4-5-12(17(16)21)10-19-13-7-8-15-14(9-13)20-18(22)11(2)24-15/h4-11,21H,3H2,1-2H3,(H,20,22)/t11-/m0/s1. The van der Waals surface area contributed by atoms with E-state index in [1.165, 1.54) is 0 Å². The highest BCUT2D eigenvalue weighted by Gasteiger charge is 2.23. The summed E-state index contributed by atoms with van der Waals surface area (Å²) in [5.41, 5.74) is 1.76. The normalized spacial score (nSPS) is 16.4. The van der Waals surface area contributed by atoms with Crippen LogP contribution in [0.3, 0.4) is 0 Å². The Labute approximate surface area is 139 Å². The Balaban J connectivity index is 1.84. The van der Waals surface area contributed by atoms with Crippen LogP contribution < -0.4 is 14.8 Å². The van der Waals surface area contributed by atoms with Crippen molar-refractivity contribution < 1.29 is 19.4 Å². The second kappa shape index (κ2) is 6.62. The number of hydrogen-bond donors (Lipinski definition) is 2. The molecule has 124 valence electrons. The van der Waals surface area contributed by atoms with Gasteiger partial charge in [0.1, 0.15) is 5.75 Å². The van der Waals surface area contributed by atoms with Gasteiger partial charge < -0.3 is 19.9 Å². The number of phenols is 1. The van der Waals surface area contributed by atoms with Crippen LogP contribution in [0.5, 0.6) is 17.2 Å². The number of anilines is 1. The molecule has 0 aromatic heterocycles. The monoisotopic (exact) mass is 326 g/mol. The lowest BCUT2D eigenvalue weighted by Crippen LogP contribution is -2.34. The number of carbonyl (C=O) groups is 1. The Bertz CT molecular complexity index is 802. The third-order valence-electron chi connectivity index (χ3n) is 3.58. The minimum absolute atomic E-state index is 0.0477. The van der Waals surface area contributed by atoms with Crippen LogP contribution in [0.25, 0.3) is 0 Å². The van der Waals surface area contributed by atoms with E-state index >= 15 is 0 Å². The van der Waals surface area contributed by atoms with Crippen LogP contribution in [-0.2, 0) is 4.79 Å². The molecule has 0 fully saturated rings. The van der Waals surface area contributed by atoms with Gasteiger partial charge in [-0.25, -0.2) is 0 Å². The zero-order chi connectivity index (χ0) is 17.1. The van der Waals surface area contributed by atoms with Crippen molar-refractivity contribution in [1.29, 1.82) is 0 Å². The van der Waals surface area contributed by atoms with Gasteiger partial charge >= 0.3 is 0 Å². The van der Waals surface area contributed by atoms with Crippen LogP contribution in [0.4, 0.5) is 11.4 Å². The molecule has 0 saturated heterocycles. The van der Waals surface area contributed by atoms with Gasteiger partial charge in [-0.2, -0.15) is 0 Å². The lowest BCUT2D eigenvalue weighted by atomic mass is 10.2. The van der Waals surface area contributed by atoms with Crippen molar-refractivity contribution in [2.24, 2.45) is 4.99 Å². The average Bonchev–Trinajstić information content (AvgIpc) is 2.57. The maximum absolute atomic E-state index is 11.7. The molecule has 2 aromatic carbocycles. The Morgan fingerprint density at radius 3 is 3.00 bits per heavy atom. The van der Waals surface area contributed by atoms with Gasteiger partial charge in [0.25, 0.3) is 5.91 Å². The minimum Gasteiger partial charge on any atom is -0.504 e. The number of rotatable bonds is 4. The van der Waals surface area contributed by atoms with Crippen LogP contribution >= 0.6 is 0 Å². The Hall–Kier alpha value is -3.02. The number of para-hydroxylation sites is 1. The topological polar surface area (TPSA) is 80.2 Å². The van der Waals surface area contributed by atoms with Crippen LogP contribution in [0.2, 0.25) is 0 Å². The van der Waals surface area contributed by atoms with Crippen molar-refractivity contribution >= 4 is 23.5 Å². The molecule has 0 unspecified atom stereocenters. The van der Waals surface area contributed by atoms with Crippen molar-refractivity contribution in [3.63, 3.8) is 0 Å². The molecule has 1 atom stereocenters. The quantitative estimate of drug-likeness (QED) is 0.845. The van der Waals surface area contributed by atoms with E-state index in [0.717, 1.165) is 0 Å². The van der Waals surface area contributed by atoms with Gasteiger partial charge in [0.05, 0.1) is 18.0 Å². The molecular weight excluding hydrogens is 308 g/mol. The first kappa shape index (κ1) is 15.9. The molecule has 1 aliphatic heterocycles. The molecule has 1 aliphatic rings. The number of carbonyl (C=O) groups excluding carboxylic acids is 1. The van der Waals surface area contributed by atoms with E-state index in [0.29, 0.717) is 35.0 Å². The van der Waals surface area contributed by atoms with Crippen molar-refractivity contribution in [1.82, 2.24) is 0 Å². The van der Waals surface area contributed by atoms with Crippen molar-refractivity contribution in [2.45, 2.75) is 20.0 Å². The smallest absolute Gasteiger partial charge is 0.265 e. The van der Waals surface area contributed by atoms with Crippen molar-refractivity contribution in [3.8, 4) is 17.2 Å². The number of aliphatic imine (C=N–C) groups is 1. The first-order valence-electron chi connectivity index (χ1n) is 7.69. The fourth-order valence-corrected chi connectivity index (χ4v) is 2.34. The minimum atomic E-state index is -0.509. The molecule has 6 nitrogen and oxygen atoms in total. The second-order valence-electron chi connectivity index (χ2n) is 5.31. The zero-order valence-corrected chi connectivity index (χ0v) is 13.4. The maximum atomic E-state index is 11.7. The number of nitrogens with one attached hydrogen (secondary N) is 1. The predicted molar refractivity (Wildman–Crippen MR) is 91.7 cm³/mol. The van der Waals surface area contributed by atoms with Gasteiger partial charge in [0, 0.05) is 11.8 Å². The molecule has 24 heavy (non-hydrogen) atoms. The first-order valence-corrected chi connectivity index (χ1v) is 7.69. The predicted octanol–water partition coefficient (Wildman–Crippen LogP) is 3.26. The molecule has 2 N–H and O–H groups in total. The SMILES string of the molecule is CCOc1cccc(C=Nc2ccc3c(c2)NC(=O)[C@H](C)O3)c1O. The lowest BCUT2D eigenvalue weighted by Gasteiger charge is -2.23. The van der Waals surface area contributed by atoms with Gasteiger partial charge in [0.2, 0.25) is 0 Å². The summed E-state index contributed by atoms with van der Waals surface area (Å²) in [5.74, 6) is 0.890. The highest BCUT2D eigenvalue weighted by molar-refractivity contribution is 5.98. The Kier molecular flexibility index (Phi) is 4.37. The molecule has 3 rings (SSSR count). The fraction of sp³-hybridized carbons (Fsp3) is 0.222. The number of benzene rings is 2. The van der Waals surface area contributed by atoms with Gasteiger partial charge in [-0.15, -0.1) is 0 Å². The molecular formula is C18H18N2O4. The van der Waals surface area contributed by atoms with Crippen LogP contribution in [0.1, 0.15) is 19.4 Å². The van der Waals surface area contributed by atoms with E-state index in [-0.39, 0.29) is 11.7 Å². The molecule has 6 heteroatoms. The molecule has 0 saturated carbocycles. The van der Waals surface area contributed by atoms with Crippen LogP contribution in [0, 0.1) is 0 Å².